The first-order chi connectivity index (χ1) is 15.5. The monoisotopic (exact) mass is 433 g/mol. The number of fused-ring (bicyclic) bond motifs is 5. The summed E-state index contributed by atoms with van der Waals surface area (Å²) >= 11 is 0. The van der Waals surface area contributed by atoms with E-state index in [4.69, 9.17) is 9.47 Å². The first-order valence-electron chi connectivity index (χ1n) is 11.6. The topological polar surface area (TPSA) is 55.8 Å². The maximum atomic E-state index is 13.5. The Kier molecular flexibility index (Phi) is 5.03. The number of aryl methyl sites for hydroxylation is 1. The highest BCUT2D eigenvalue weighted by Gasteiger charge is 2.72. The maximum Gasteiger partial charge on any atom is 0.325 e. The lowest BCUT2D eigenvalue weighted by Crippen LogP contribution is -2.58. The van der Waals surface area contributed by atoms with Crippen molar-refractivity contribution >= 4 is 17.6 Å². The van der Waals surface area contributed by atoms with Gasteiger partial charge in [-0.3, -0.25) is 9.59 Å². The Bertz CT molecular complexity index is 1020. The molecule has 32 heavy (non-hydrogen) atoms. The molecule has 0 unspecified atom stereocenters. The van der Waals surface area contributed by atoms with E-state index in [0.29, 0.717) is 6.42 Å². The molecule has 168 valence electrons. The molecule has 2 heterocycles. The van der Waals surface area contributed by atoms with Crippen LogP contribution in [0.15, 0.2) is 48.5 Å². The second-order valence-electron chi connectivity index (χ2n) is 9.63. The first-order valence-corrected chi connectivity index (χ1v) is 11.6. The van der Waals surface area contributed by atoms with Crippen molar-refractivity contribution in [3.63, 3.8) is 0 Å². The van der Waals surface area contributed by atoms with E-state index < -0.39 is 17.4 Å². The van der Waals surface area contributed by atoms with Gasteiger partial charge < -0.3 is 14.4 Å². The van der Waals surface area contributed by atoms with Crippen molar-refractivity contribution < 1.29 is 19.1 Å². The third-order valence-corrected chi connectivity index (χ3v) is 8.15. The highest BCUT2D eigenvalue weighted by atomic mass is 16.5. The highest BCUT2D eigenvalue weighted by Crippen LogP contribution is 2.65. The van der Waals surface area contributed by atoms with Crippen LogP contribution in [-0.4, -0.2) is 32.2 Å². The number of benzene rings is 2. The van der Waals surface area contributed by atoms with Crippen molar-refractivity contribution in [3.8, 4) is 0 Å². The lowest BCUT2D eigenvalue weighted by Gasteiger charge is -2.45. The summed E-state index contributed by atoms with van der Waals surface area (Å²) in [6.45, 7) is 2.07. The van der Waals surface area contributed by atoms with E-state index in [1.165, 1.54) is 31.8 Å². The SMILES string of the molecule is COC(=O)C1(C(=O)OC)C[C@@H](c2ccc(C)cc2)N2c3ccccc3C3(CCCCC3)[C@@H]21. The van der Waals surface area contributed by atoms with Crippen LogP contribution >= 0.6 is 0 Å². The van der Waals surface area contributed by atoms with Crippen molar-refractivity contribution in [3.05, 3.63) is 65.2 Å². The molecule has 5 heteroatoms. The molecule has 2 fully saturated rings. The second kappa shape index (κ2) is 7.65. The Morgan fingerprint density at radius 1 is 0.906 bits per heavy atom. The highest BCUT2D eigenvalue weighted by molar-refractivity contribution is 6.03. The molecule has 0 bridgehead atoms. The Labute approximate surface area is 189 Å². The normalized spacial score (nSPS) is 24.7. The predicted octanol–water partition coefficient (Wildman–Crippen LogP) is 4.86. The minimum atomic E-state index is -1.37. The summed E-state index contributed by atoms with van der Waals surface area (Å²) in [6.07, 6.45) is 5.64. The van der Waals surface area contributed by atoms with E-state index >= 15 is 0 Å². The largest absolute Gasteiger partial charge is 0.468 e. The summed E-state index contributed by atoms with van der Waals surface area (Å²) < 4.78 is 10.7. The number of hydrogen-bond acceptors (Lipinski definition) is 5. The van der Waals surface area contributed by atoms with Gasteiger partial charge in [0, 0.05) is 17.5 Å². The zero-order valence-electron chi connectivity index (χ0n) is 19.1. The molecular formula is C27H31NO4. The van der Waals surface area contributed by atoms with Crippen molar-refractivity contribution in [2.75, 3.05) is 19.1 Å². The Balaban J connectivity index is 1.78. The van der Waals surface area contributed by atoms with Gasteiger partial charge in [-0.25, -0.2) is 0 Å². The van der Waals surface area contributed by atoms with Crippen LogP contribution in [0.1, 0.15) is 61.3 Å². The lowest BCUT2D eigenvalue weighted by atomic mass is 9.59. The number of carbonyl (C=O) groups is 2. The maximum absolute atomic E-state index is 13.5. The van der Waals surface area contributed by atoms with Crippen molar-refractivity contribution in [1.82, 2.24) is 0 Å². The van der Waals surface area contributed by atoms with Gasteiger partial charge in [0.15, 0.2) is 5.41 Å². The number of methoxy groups -OCH3 is 2. The molecule has 1 spiro atoms. The molecule has 0 amide bonds. The molecule has 2 aliphatic heterocycles. The molecule has 0 radical (unpaired) electrons. The van der Waals surface area contributed by atoms with Crippen LogP contribution < -0.4 is 4.90 Å². The van der Waals surface area contributed by atoms with Gasteiger partial charge in [0.1, 0.15) is 0 Å². The molecule has 5 nitrogen and oxygen atoms in total. The molecule has 5 rings (SSSR count). The van der Waals surface area contributed by atoms with Crippen LogP contribution in [0.4, 0.5) is 5.69 Å². The van der Waals surface area contributed by atoms with Gasteiger partial charge in [0.05, 0.1) is 26.3 Å². The molecule has 1 saturated carbocycles. The smallest absolute Gasteiger partial charge is 0.325 e. The summed E-state index contributed by atoms with van der Waals surface area (Å²) in [5.74, 6) is -0.960. The van der Waals surface area contributed by atoms with Crippen LogP contribution in [0.3, 0.4) is 0 Å². The number of ether oxygens (including phenoxy) is 2. The van der Waals surface area contributed by atoms with Gasteiger partial charge in [0.25, 0.3) is 0 Å². The zero-order valence-corrected chi connectivity index (χ0v) is 19.1. The fourth-order valence-electron chi connectivity index (χ4n) is 6.87. The van der Waals surface area contributed by atoms with E-state index in [1.54, 1.807) is 0 Å². The third kappa shape index (κ3) is 2.69. The van der Waals surface area contributed by atoms with Crippen LogP contribution in [0.25, 0.3) is 0 Å². The standard InChI is InChI=1S/C27H31NO4/c1-18-11-13-19(14-12-18)22-17-27(24(29)31-2,25(30)32-3)23-26(15-7-4-8-16-26)20-9-5-6-10-21(20)28(22)23/h5-6,9-14,22-23H,4,7-8,15-17H2,1-3H3/t22-,23+/m0/s1. The Morgan fingerprint density at radius 3 is 2.16 bits per heavy atom. The van der Waals surface area contributed by atoms with E-state index in [1.807, 2.05) is 0 Å². The molecule has 2 aromatic carbocycles. The molecule has 3 aliphatic rings. The number of nitrogens with zero attached hydrogens (tertiary/aromatic N) is 1. The van der Waals surface area contributed by atoms with E-state index in [9.17, 15) is 9.59 Å². The first kappa shape index (κ1) is 21.0. The molecule has 0 aromatic heterocycles. The van der Waals surface area contributed by atoms with Crippen LogP contribution in [0.2, 0.25) is 0 Å². The van der Waals surface area contributed by atoms with Gasteiger partial charge in [0.2, 0.25) is 0 Å². The molecule has 2 aromatic rings. The summed E-state index contributed by atoms with van der Waals surface area (Å²) in [5, 5.41) is 0. The Hall–Kier alpha value is -2.82. The number of para-hydroxylation sites is 1. The van der Waals surface area contributed by atoms with E-state index in [0.717, 1.165) is 36.9 Å². The fraction of sp³-hybridized carbons (Fsp3) is 0.481. The molecule has 1 aliphatic carbocycles. The number of carbonyl (C=O) groups excluding carboxylic acids is 2. The molecule has 0 N–H and O–H groups in total. The predicted molar refractivity (Wildman–Crippen MR) is 122 cm³/mol. The zero-order chi connectivity index (χ0) is 22.5. The van der Waals surface area contributed by atoms with Crippen LogP contribution in [-0.2, 0) is 24.5 Å². The van der Waals surface area contributed by atoms with Crippen LogP contribution in [0.5, 0.6) is 0 Å². The third-order valence-electron chi connectivity index (χ3n) is 8.15. The average Bonchev–Trinajstić information content (AvgIpc) is 3.33. The van der Waals surface area contributed by atoms with Crippen molar-refractivity contribution in [2.24, 2.45) is 5.41 Å². The summed E-state index contributed by atoms with van der Waals surface area (Å²) in [5.41, 5.74) is 3.06. The number of hydrogen-bond donors (Lipinski definition) is 0. The summed E-state index contributed by atoms with van der Waals surface area (Å²) in [6, 6.07) is 16.5. The average molecular weight is 434 g/mol. The van der Waals surface area contributed by atoms with E-state index in [-0.39, 0.29) is 17.5 Å². The quantitative estimate of drug-likeness (QED) is 0.511. The second-order valence-corrected chi connectivity index (χ2v) is 9.63. The number of esters is 2. The number of rotatable bonds is 3. The van der Waals surface area contributed by atoms with Gasteiger partial charge in [-0.1, -0.05) is 67.3 Å². The lowest BCUT2D eigenvalue weighted by molar-refractivity contribution is -0.171. The van der Waals surface area contributed by atoms with Gasteiger partial charge >= 0.3 is 11.9 Å². The minimum absolute atomic E-state index is 0.110. The molecule has 2 atom stereocenters. The van der Waals surface area contributed by atoms with Crippen molar-refractivity contribution in [1.29, 1.82) is 0 Å². The van der Waals surface area contributed by atoms with Gasteiger partial charge in [-0.05, 0) is 37.0 Å². The van der Waals surface area contributed by atoms with Gasteiger partial charge in [-0.2, -0.15) is 0 Å². The summed E-state index contributed by atoms with van der Waals surface area (Å²) in [4.78, 5) is 29.4. The van der Waals surface area contributed by atoms with Crippen molar-refractivity contribution in [2.45, 2.75) is 62.9 Å². The van der Waals surface area contributed by atoms with E-state index in [2.05, 4.69) is 60.4 Å². The fourth-order valence-corrected chi connectivity index (χ4v) is 6.87. The molecule has 1 saturated heterocycles. The summed E-state index contributed by atoms with van der Waals surface area (Å²) in [7, 11) is 2.76. The molecular weight excluding hydrogens is 402 g/mol. The van der Waals surface area contributed by atoms with Gasteiger partial charge in [-0.15, -0.1) is 0 Å². The number of anilines is 1. The van der Waals surface area contributed by atoms with Crippen LogP contribution in [0, 0.1) is 12.3 Å². The minimum Gasteiger partial charge on any atom is -0.468 e. The Morgan fingerprint density at radius 2 is 1.53 bits per heavy atom.